The van der Waals surface area contributed by atoms with Gasteiger partial charge in [0.15, 0.2) is 0 Å². The van der Waals surface area contributed by atoms with Crippen molar-refractivity contribution in [2.24, 2.45) is 0 Å². The highest BCUT2D eigenvalue weighted by Gasteiger charge is 2.10. The molecular weight excluding hydrogens is 253 g/mol. The van der Waals surface area contributed by atoms with Crippen LogP contribution in [0.2, 0.25) is 0 Å². The zero-order valence-corrected chi connectivity index (χ0v) is 11.0. The Morgan fingerprint density at radius 2 is 1.70 bits per heavy atom. The van der Waals surface area contributed by atoms with Crippen LogP contribution in [0.4, 0.5) is 16.0 Å². The number of aromatic nitrogens is 2. The van der Waals surface area contributed by atoms with Gasteiger partial charge in [-0.25, -0.2) is 9.37 Å². The summed E-state index contributed by atoms with van der Waals surface area (Å²) in [6, 6.07) is 16.3. The molecule has 1 N–H and O–H groups in total. The second kappa shape index (κ2) is 5.17. The van der Waals surface area contributed by atoms with Crippen LogP contribution in [0.3, 0.4) is 0 Å². The molecule has 3 rings (SSSR count). The van der Waals surface area contributed by atoms with Crippen molar-refractivity contribution in [3.8, 4) is 5.69 Å². The van der Waals surface area contributed by atoms with Crippen LogP contribution in [-0.2, 0) is 0 Å². The Morgan fingerprint density at radius 1 is 1.00 bits per heavy atom. The van der Waals surface area contributed by atoms with Gasteiger partial charge in [0.1, 0.15) is 5.82 Å². The average Bonchev–Trinajstić information content (AvgIpc) is 2.81. The number of hydrogen-bond acceptors (Lipinski definition) is 2. The Balaban J connectivity index is 2.03. The summed E-state index contributed by atoms with van der Waals surface area (Å²) < 4.78 is 15.6. The highest BCUT2D eigenvalue weighted by molar-refractivity contribution is 5.56. The maximum absolute atomic E-state index is 13.9. The van der Waals surface area contributed by atoms with Crippen molar-refractivity contribution in [1.29, 1.82) is 0 Å². The lowest BCUT2D eigenvalue weighted by Crippen LogP contribution is -2.02. The summed E-state index contributed by atoms with van der Waals surface area (Å²) in [5.41, 5.74) is 2.22. The minimum Gasteiger partial charge on any atom is -0.325 e. The number of aryl methyl sites for hydroxylation is 1. The normalized spacial score (nSPS) is 10.5. The van der Waals surface area contributed by atoms with Crippen LogP contribution in [0.15, 0.2) is 60.8 Å². The number of anilines is 2. The van der Waals surface area contributed by atoms with Crippen LogP contribution in [0.25, 0.3) is 5.69 Å². The van der Waals surface area contributed by atoms with Crippen molar-refractivity contribution >= 4 is 11.6 Å². The van der Waals surface area contributed by atoms with E-state index in [2.05, 4.69) is 10.3 Å². The Labute approximate surface area is 116 Å². The lowest BCUT2D eigenvalue weighted by Gasteiger charge is -2.10. The van der Waals surface area contributed by atoms with Crippen LogP contribution in [-0.4, -0.2) is 9.55 Å². The third kappa shape index (κ3) is 2.40. The first-order valence-electron chi connectivity index (χ1n) is 6.37. The molecule has 100 valence electrons. The monoisotopic (exact) mass is 267 g/mol. The maximum atomic E-state index is 13.9. The van der Waals surface area contributed by atoms with E-state index in [0.29, 0.717) is 11.6 Å². The van der Waals surface area contributed by atoms with Gasteiger partial charge in [-0.05, 0) is 31.2 Å². The van der Waals surface area contributed by atoms with Crippen LogP contribution in [0.5, 0.6) is 0 Å². The molecule has 3 nitrogen and oxygen atoms in total. The van der Waals surface area contributed by atoms with E-state index < -0.39 is 0 Å². The fraction of sp³-hybridized carbons (Fsp3) is 0.0625. The van der Waals surface area contributed by atoms with Gasteiger partial charge in [0.05, 0.1) is 11.4 Å². The average molecular weight is 267 g/mol. The molecule has 0 bridgehead atoms. The maximum Gasteiger partial charge on any atom is 0.212 e. The van der Waals surface area contributed by atoms with E-state index in [0.717, 1.165) is 11.4 Å². The number of para-hydroxylation sites is 2. The minimum absolute atomic E-state index is 0.277. The van der Waals surface area contributed by atoms with E-state index in [1.54, 1.807) is 22.8 Å². The number of benzene rings is 2. The molecule has 0 saturated carbocycles. The molecule has 0 saturated heterocycles. The molecule has 4 heteroatoms. The van der Waals surface area contributed by atoms with Crippen LogP contribution < -0.4 is 5.32 Å². The van der Waals surface area contributed by atoms with E-state index in [1.807, 2.05) is 43.5 Å². The van der Waals surface area contributed by atoms with Gasteiger partial charge in [-0.3, -0.25) is 4.57 Å². The van der Waals surface area contributed by atoms with Gasteiger partial charge in [-0.1, -0.05) is 30.3 Å². The van der Waals surface area contributed by atoms with Crippen molar-refractivity contribution in [1.82, 2.24) is 9.55 Å². The summed E-state index contributed by atoms with van der Waals surface area (Å²) in [5.74, 6) is 0.319. The van der Waals surface area contributed by atoms with Gasteiger partial charge >= 0.3 is 0 Å². The molecule has 0 atom stereocenters. The SMILES string of the molecule is Cc1cn(-c2ccccc2F)c(Nc2ccccc2)n1. The van der Waals surface area contributed by atoms with Gasteiger partial charge in [0, 0.05) is 11.9 Å². The van der Waals surface area contributed by atoms with Crippen LogP contribution in [0, 0.1) is 12.7 Å². The van der Waals surface area contributed by atoms with Gasteiger partial charge in [0.25, 0.3) is 0 Å². The topological polar surface area (TPSA) is 29.9 Å². The second-order valence-corrected chi connectivity index (χ2v) is 4.52. The lowest BCUT2D eigenvalue weighted by molar-refractivity contribution is 0.618. The second-order valence-electron chi connectivity index (χ2n) is 4.52. The van der Waals surface area contributed by atoms with Crippen LogP contribution >= 0.6 is 0 Å². The smallest absolute Gasteiger partial charge is 0.212 e. The van der Waals surface area contributed by atoms with Crippen molar-refractivity contribution in [2.45, 2.75) is 6.92 Å². The van der Waals surface area contributed by atoms with Crippen molar-refractivity contribution < 1.29 is 4.39 Å². The van der Waals surface area contributed by atoms with Crippen molar-refractivity contribution in [3.05, 3.63) is 72.3 Å². The fourth-order valence-electron chi connectivity index (χ4n) is 2.07. The molecule has 0 amide bonds. The molecule has 0 aliphatic carbocycles. The number of nitrogens with one attached hydrogen (secondary N) is 1. The summed E-state index contributed by atoms with van der Waals surface area (Å²) in [6.07, 6.45) is 1.81. The van der Waals surface area contributed by atoms with Gasteiger partial charge < -0.3 is 5.32 Å². The van der Waals surface area contributed by atoms with E-state index in [-0.39, 0.29) is 5.82 Å². The predicted molar refractivity (Wildman–Crippen MR) is 78.0 cm³/mol. The van der Waals surface area contributed by atoms with Gasteiger partial charge in [-0.2, -0.15) is 0 Å². The van der Waals surface area contributed by atoms with Crippen molar-refractivity contribution in [3.63, 3.8) is 0 Å². The molecule has 0 spiro atoms. The number of hydrogen-bond donors (Lipinski definition) is 1. The quantitative estimate of drug-likeness (QED) is 0.775. The molecule has 0 radical (unpaired) electrons. The molecule has 2 aromatic carbocycles. The Hall–Kier alpha value is -2.62. The third-order valence-corrected chi connectivity index (χ3v) is 2.97. The zero-order chi connectivity index (χ0) is 13.9. The Bertz CT molecular complexity index is 720. The molecule has 3 aromatic rings. The molecule has 20 heavy (non-hydrogen) atoms. The van der Waals surface area contributed by atoms with Crippen LogP contribution in [0.1, 0.15) is 5.69 Å². The molecule has 1 aromatic heterocycles. The molecule has 0 aliphatic heterocycles. The van der Waals surface area contributed by atoms with E-state index in [4.69, 9.17) is 0 Å². The highest BCUT2D eigenvalue weighted by Crippen LogP contribution is 2.22. The summed E-state index contributed by atoms with van der Waals surface area (Å²) in [5, 5.41) is 3.20. The fourth-order valence-corrected chi connectivity index (χ4v) is 2.07. The summed E-state index contributed by atoms with van der Waals surface area (Å²) >= 11 is 0. The first-order valence-corrected chi connectivity index (χ1v) is 6.37. The number of imidazole rings is 1. The molecule has 1 heterocycles. The Kier molecular flexibility index (Phi) is 3.21. The standard InChI is InChI=1S/C16H14FN3/c1-12-11-20(15-10-6-5-9-14(15)17)16(18-12)19-13-7-3-2-4-8-13/h2-11H,1H3,(H,18,19). The molecular formula is C16H14FN3. The number of nitrogens with zero attached hydrogens (tertiary/aromatic N) is 2. The largest absolute Gasteiger partial charge is 0.325 e. The first-order chi connectivity index (χ1) is 9.74. The summed E-state index contributed by atoms with van der Waals surface area (Å²) in [4.78, 5) is 4.41. The summed E-state index contributed by atoms with van der Waals surface area (Å²) in [6.45, 7) is 1.88. The van der Waals surface area contributed by atoms with Gasteiger partial charge in [-0.15, -0.1) is 0 Å². The molecule has 0 aliphatic rings. The minimum atomic E-state index is -0.277. The zero-order valence-electron chi connectivity index (χ0n) is 11.0. The van der Waals surface area contributed by atoms with Crippen molar-refractivity contribution in [2.75, 3.05) is 5.32 Å². The number of halogens is 1. The first kappa shape index (κ1) is 12.4. The highest BCUT2D eigenvalue weighted by atomic mass is 19.1. The molecule has 0 unspecified atom stereocenters. The van der Waals surface area contributed by atoms with E-state index >= 15 is 0 Å². The third-order valence-electron chi connectivity index (χ3n) is 2.97. The predicted octanol–water partition coefficient (Wildman–Crippen LogP) is 4.06. The van der Waals surface area contributed by atoms with Gasteiger partial charge in [0.2, 0.25) is 5.95 Å². The van der Waals surface area contributed by atoms with E-state index in [9.17, 15) is 4.39 Å². The number of rotatable bonds is 3. The summed E-state index contributed by atoms with van der Waals surface area (Å²) in [7, 11) is 0. The van der Waals surface area contributed by atoms with E-state index in [1.165, 1.54) is 6.07 Å². The molecule has 0 fully saturated rings. The Morgan fingerprint density at radius 3 is 2.45 bits per heavy atom. The lowest BCUT2D eigenvalue weighted by atomic mass is 10.3.